The topological polar surface area (TPSA) is 32.3 Å². The van der Waals surface area contributed by atoms with Crippen LogP contribution in [0.25, 0.3) is 0 Å². The van der Waals surface area contributed by atoms with Crippen LogP contribution in [0.15, 0.2) is 0 Å². The Kier molecular flexibility index (Phi) is 5.11. The molecular formula is C17H32N2O. The van der Waals surface area contributed by atoms with Crippen LogP contribution in [0.3, 0.4) is 0 Å². The normalized spacial score (nSPS) is 29.9. The number of carbonyl (C=O) groups is 1. The minimum Gasteiger partial charge on any atom is -0.322 e. The molecule has 1 aliphatic heterocycles. The summed E-state index contributed by atoms with van der Waals surface area (Å²) in [5, 5.41) is 3.68. The molecule has 0 radical (unpaired) electrons. The first-order valence-electron chi connectivity index (χ1n) is 8.55. The van der Waals surface area contributed by atoms with Gasteiger partial charge in [0, 0.05) is 6.04 Å². The van der Waals surface area contributed by atoms with Crippen LogP contribution < -0.4 is 5.32 Å². The third-order valence-corrected chi connectivity index (χ3v) is 5.23. The molecule has 0 aromatic heterocycles. The fraction of sp³-hybridized carbons (Fsp3) is 0.941. The van der Waals surface area contributed by atoms with E-state index in [0.717, 1.165) is 6.42 Å². The molecule has 1 amide bonds. The van der Waals surface area contributed by atoms with Crippen LogP contribution in [0.2, 0.25) is 0 Å². The number of hydrogen-bond acceptors (Lipinski definition) is 2. The molecule has 1 saturated carbocycles. The third kappa shape index (κ3) is 2.88. The Labute approximate surface area is 124 Å². The smallest absolute Gasteiger partial charge is 0.241 e. The summed E-state index contributed by atoms with van der Waals surface area (Å²) < 4.78 is 0. The van der Waals surface area contributed by atoms with Gasteiger partial charge in [-0.1, -0.05) is 47.5 Å². The fourth-order valence-corrected chi connectivity index (χ4v) is 4.11. The largest absolute Gasteiger partial charge is 0.322 e. The van der Waals surface area contributed by atoms with Crippen molar-refractivity contribution < 1.29 is 4.79 Å². The van der Waals surface area contributed by atoms with E-state index < -0.39 is 0 Å². The summed E-state index contributed by atoms with van der Waals surface area (Å²) in [6, 6.07) is 0.401. The van der Waals surface area contributed by atoms with E-state index in [4.69, 9.17) is 0 Å². The van der Waals surface area contributed by atoms with E-state index >= 15 is 0 Å². The third-order valence-electron chi connectivity index (χ3n) is 5.23. The second-order valence-electron chi connectivity index (χ2n) is 7.34. The summed E-state index contributed by atoms with van der Waals surface area (Å²) in [7, 11) is 0. The first kappa shape index (κ1) is 15.8. The molecule has 3 atom stereocenters. The molecule has 116 valence electrons. The van der Waals surface area contributed by atoms with Crippen molar-refractivity contribution in [2.75, 3.05) is 0 Å². The van der Waals surface area contributed by atoms with Crippen LogP contribution in [0, 0.1) is 17.8 Å². The molecule has 0 bridgehead atoms. The van der Waals surface area contributed by atoms with E-state index in [1.165, 1.54) is 25.7 Å². The highest BCUT2D eigenvalue weighted by molar-refractivity contribution is 5.85. The molecule has 2 fully saturated rings. The van der Waals surface area contributed by atoms with Crippen LogP contribution in [-0.4, -0.2) is 29.1 Å². The second-order valence-corrected chi connectivity index (χ2v) is 7.34. The average molecular weight is 280 g/mol. The minimum absolute atomic E-state index is 0.0217. The lowest BCUT2D eigenvalue weighted by Gasteiger charge is -2.37. The zero-order valence-corrected chi connectivity index (χ0v) is 13.9. The van der Waals surface area contributed by atoms with E-state index in [9.17, 15) is 4.79 Å². The standard InChI is InChI=1S/C17H32N2O/c1-6-14(11(2)3)19-16(13-9-7-8-10-13)18-15(12(4)5)17(19)20/h11-16,18H,6-10H2,1-5H3. The Morgan fingerprint density at radius 3 is 2.25 bits per heavy atom. The molecule has 0 spiro atoms. The van der Waals surface area contributed by atoms with Crippen LogP contribution in [-0.2, 0) is 4.79 Å². The Morgan fingerprint density at radius 2 is 1.80 bits per heavy atom. The van der Waals surface area contributed by atoms with Gasteiger partial charge in [-0.05, 0) is 37.0 Å². The molecule has 3 nitrogen and oxygen atoms in total. The van der Waals surface area contributed by atoms with Gasteiger partial charge < -0.3 is 4.90 Å². The van der Waals surface area contributed by atoms with Crippen molar-refractivity contribution in [1.82, 2.24) is 10.2 Å². The van der Waals surface area contributed by atoms with Crippen molar-refractivity contribution in [1.29, 1.82) is 0 Å². The molecule has 1 saturated heterocycles. The summed E-state index contributed by atoms with van der Waals surface area (Å²) >= 11 is 0. The lowest BCUT2D eigenvalue weighted by atomic mass is 9.96. The van der Waals surface area contributed by atoms with Crippen LogP contribution in [0.5, 0.6) is 0 Å². The van der Waals surface area contributed by atoms with E-state index in [2.05, 4.69) is 44.8 Å². The Bertz CT molecular complexity index is 334. The van der Waals surface area contributed by atoms with Gasteiger partial charge in [0.2, 0.25) is 5.91 Å². The molecular weight excluding hydrogens is 248 g/mol. The highest BCUT2D eigenvalue weighted by Gasteiger charge is 2.46. The molecule has 2 rings (SSSR count). The van der Waals surface area contributed by atoms with Gasteiger partial charge in [-0.2, -0.15) is 0 Å². The fourth-order valence-electron chi connectivity index (χ4n) is 4.11. The Balaban J connectivity index is 2.24. The number of nitrogens with zero attached hydrogens (tertiary/aromatic N) is 1. The molecule has 0 aromatic carbocycles. The van der Waals surface area contributed by atoms with Crippen LogP contribution >= 0.6 is 0 Å². The maximum Gasteiger partial charge on any atom is 0.241 e. The van der Waals surface area contributed by atoms with Crippen molar-refractivity contribution in [3.05, 3.63) is 0 Å². The highest BCUT2D eigenvalue weighted by atomic mass is 16.2. The van der Waals surface area contributed by atoms with E-state index in [0.29, 0.717) is 29.7 Å². The van der Waals surface area contributed by atoms with E-state index in [1.807, 2.05) is 0 Å². The predicted octanol–water partition coefficient (Wildman–Crippen LogP) is 3.39. The SMILES string of the molecule is CCC(C(C)C)N1C(=O)C(C(C)C)NC1C1CCCC1. The van der Waals surface area contributed by atoms with Crippen LogP contribution in [0.4, 0.5) is 0 Å². The quantitative estimate of drug-likeness (QED) is 0.837. The van der Waals surface area contributed by atoms with E-state index in [-0.39, 0.29) is 12.2 Å². The van der Waals surface area contributed by atoms with Gasteiger partial charge in [0.1, 0.15) is 0 Å². The maximum atomic E-state index is 12.9. The predicted molar refractivity (Wildman–Crippen MR) is 83.3 cm³/mol. The van der Waals surface area contributed by atoms with Crippen molar-refractivity contribution in [3.8, 4) is 0 Å². The molecule has 1 heterocycles. The Hall–Kier alpha value is -0.570. The van der Waals surface area contributed by atoms with Gasteiger partial charge in [-0.15, -0.1) is 0 Å². The molecule has 20 heavy (non-hydrogen) atoms. The van der Waals surface area contributed by atoms with Crippen molar-refractivity contribution in [2.45, 2.75) is 85.0 Å². The number of hydrogen-bond donors (Lipinski definition) is 1. The lowest BCUT2D eigenvalue weighted by molar-refractivity contribution is -0.134. The monoisotopic (exact) mass is 280 g/mol. The van der Waals surface area contributed by atoms with Gasteiger partial charge in [0.25, 0.3) is 0 Å². The Morgan fingerprint density at radius 1 is 1.20 bits per heavy atom. The first-order valence-corrected chi connectivity index (χ1v) is 8.55. The van der Waals surface area contributed by atoms with Crippen molar-refractivity contribution in [2.24, 2.45) is 17.8 Å². The number of carbonyl (C=O) groups excluding carboxylic acids is 1. The summed E-state index contributed by atoms with van der Waals surface area (Å²) in [4.78, 5) is 15.1. The van der Waals surface area contributed by atoms with Gasteiger partial charge in [-0.3, -0.25) is 10.1 Å². The summed E-state index contributed by atoms with van der Waals surface area (Å²) in [6.07, 6.45) is 6.55. The van der Waals surface area contributed by atoms with Gasteiger partial charge >= 0.3 is 0 Å². The zero-order chi connectivity index (χ0) is 14.9. The first-order chi connectivity index (χ1) is 9.47. The second kappa shape index (κ2) is 6.46. The van der Waals surface area contributed by atoms with Crippen molar-refractivity contribution in [3.63, 3.8) is 0 Å². The molecule has 1 N–H and O–H groups in total. The maximum absolute atomic E-state index is 12.9. The highest BCUT2D eigenvalue weighted by Crippen LogP contribution is 2.35. The molecule has 1 aliphatic carbocycles. The minimum atomic E-state index is 0.0217. The summed E-state index contributed by atoms with van der Waals surface area (Å²) in [5.74, 6) is 1.91. The summed E-state index contributed by atoms with van der Waals surface area (Å²) in [6.45, 7) is 11.0. The lowest BCUT2D eigenvalue weighted by Crippen LogP contribution is -2.49. The number of nitrogens with one attached hydrogen (secondary N) is 1. The number of rotatable bonds is 5. The average Bonchev–Trinajstić information content (AvgIpc) is 2.99. The number of amides is 1. The molecule has 3 unspecified atom stereocenters. The zero-order valence-electron chi connectivity index (χ0n) is 13.9. The van der Waals surface area contributed by atoms with Crippen molar-refractivity contribution >= 4 is 5.91 Å². The van der Waals surface area contributed by atoms with Gasteiger partial charge in [-0.25, -0.2) is 0 Å². The van der Waals surface area contributed by atoms with Crippen LogP contribution in [0.1, 0.15) is 66.7 Å². The molecule has 0 aromatic rings. The van der Waals surface area contributed by atoms with Gasteiger partial charge in [0.15, 0.2) is 0 Å². The molecule has 2 aliphatic rings. The van der Waals surface area contributed by atoms with E-state index in [1.54, 1.807) is 0 Å². The molecule has 3 heteroatoms. The summed E-state index contributed by atoms with van der Waals surface area (Å²) in [5.41, 5.74) is 0. The van der Waals surface area contributed by atoms with Gasteiger partial charge in [0.05, 0.1) is 12.2 Å².